The first-order valence-electron chi connectivity index (χ1n) is 11.1. The molecule has 0 spiro atoms. The molecular formula is C24H29N5O4S. The predicted octanol–water partition coefficient (Wildman–Crippen LogP) is 3.51. The van der Waals surface area contributed by atoms with E-state index in [1.807, 2.05) is 42.7 Å². The minimum Gasteiger partial charge on any atom is -0.465 e. The van der Waals surface area contributed by atoms with Crippen molar-refractivity contribution in [3.05, 3.63) is 52.3 Å². The molecule has 10 heteroatoms. The lowest BCUT2D eigenvalue weighted by Crippen LogP contribution is -2.37. The molecule has 34 heavy (non-hydrogen) atoms. The molecule has 1 aliphatic heterocycles. The quantitative estimate of drug-likeness (QED) is 0.309. The molecule has 0 amide bonds. The SMILES string of the molecule is COC(=O)c1c(C)[nH]c(C(=O)[C@@H](C)Sc2nnc(N3CCOCC3)n2-c2ccc(C)cc2)c1C. The smallest absolute Gasteiger partial charge is 0.339 e. The molecule has 1 aliphatic rings. The Bertz CT molecular complexity index is 1190. The van der Waals surface area contributed by atoms with Gasteiger partial charge in [-0.2, -0.15) is 0 Å². The van der Waals surface area contributed by atoms with Gasteiger partial charge in [-0.1, -0.05) is 29.5 Å². The van der Waals surface area contributed by atoms with E-state index in [-0.39, 0.29) is 5.78 Å². The Kier molecular flexibility index (Phi) is 7.08. The molecule has 0 radical (unpaired) electrons. The van der Waals surface area contributed by atoms with Crippen LogP contribution in [-0.4, -0.2) is 70.2 Å². The van der Waals surface area contributed by atoms with Gasteiger partial charge in [-0.15, -0.1) is 10.2 Å². The standard InChI is InChI=1S/C24H29N5O4S/c1-14-6-8-18(9-7-14)29-23(28-10-12-33-13-11-28)26-27-24(29)34-17(4)21(30)20-15(2)19(16(3)25-20)22(31)32-5/h6-9,17,25H,10-13H2,1-5H3/t17-/m1/s1. The molecule has 4 rings (SSSR count). The highest BCUT2D eigenvalue weighted by atomic mass is 32.2. The van der Waals surface area contributed by atoms with E-state index in [4.69, 9.17) is 9.47 Å². The van der Waals surface area contributed by atoms with Gasteiger partial charge in [0.2, 0.25) is 5.95 Å². The highest BCUT2D eigenvalue weighted by Gasteiger charge is 2.29. The number of benzene rings is 1. The molecule has 0 bridgehead atoms. The number of aryl methyl sites for hydroxylation is 2. The number of H-pyrrole nitrogens is 1. The first-order chi connectivity index (χ1) is 16.3. The highest BCUT2D eigenvalue weighted by molar-refractivity contribution is 8.00. The first kappa shape index (κ1) is 24.0. The zero-order chi connectivity index (χ0) is 24.4. The average Bonchev–Trinajstić information content (AvgIpc) is 3.39. The van der Waals surface area contributed by atoms with Gasteiger partial charge in [0.05, 0.1) is 42.5 Å². The van der Waals surface area contributed by atoms with E-state index >= 15 is 0 Å². The average molecular weight is 484 g/mol. The second-order valence-electron chi connectivity index (χ2n) is 8.29. The second-order valence-corrected chi connectivity index (χ2v) is 9.60. The number of nitrogens with zero attached hydrogens (tertiary/aromatic N) is 4. The van der Waals surface area contributed by atoms with Gasteiger partial charge in [-0.05, 0) is 45.4 Å². The largest absolute Gasteiger partial charge is 0.465 e. The summed E-state index contributed by atoms with van der Waals surface area (Å²) in [4.78, 5) is 30.7. The number of nitrogens with one attached hydrogen (secondary N) is 1. The number of methoxy groups -OCH3 is 1. The Morgan fingerprint density at radius 2 is 1.79 bits per heavy atom. The van der Waals surface area contributed by atoms with E-state index in [1.165, 1.54) is 18.9 Å². The summed E-state index contributed by atoms with van der Waals surface area (Å²) in [6, 6.07) is 8.14. The topological polar surface area (TPSA) is 102 Å². The third-order valence-corrected chi connectivity index (χ3v) is 6.97. The second kappa shape index (κ2) is 10.0. The number of carbonyl (C=O) groups is 2. The molecule has 1 atom stereocenters. The van der Waals surface area contributed by atoms with E-state index in [0.29, 0.717) is 40.9 Å². The fraction of sp³-hybridized carbons (Fsp3) is 0.417. The van der Waals surface area contributed by atoms with Crippen LogP contribution in [0.2, 0.25) is 0 Å². The number of Topliss-reactive ketones (excluding diaryl/α,β-unsaturated/α-hetero) is 1. The number of aromatic nitrogens is 4. The van der Waals surface area contributed by atoms with Crippen LogP contribution in [-0.2, 0) is 9.47 Å². The van der Waals surface area contributed by atoms with Gasteiger partial charge in [-0.3, -0.25) is 9.36 Å². The van der Waals surface area contributed by atoms with E-state index in [9.17, 15) is 9.59 Å². The van der Waals surface area contributed by atoms with Crippen LogP contribution in [0.4, 0.5) is 5.95 Å². The molecule has 1 saturated heterocycles. The van der Waals surface area contributed by atoms with E-state index in [0.717, 1.165) is 30.3 Å². The van der Waals surface area contributed by atoms with Crippen molar-refractivity contribution in [3.63, 3.8) is 0 Å². The number of esters is 1. The number of ketones is 1. The fourth-order valence-electron chi connectivity index (χ4n) is 4.05. The monoisotopic (exact) mass is 483 g/mol. The van der Waals surface area contributed by atoms with Crippen LogP contribution in [0, 0.1) is 20.8 Å². The minimum atomic E-state index is -0.465. The summed E-state index contributed by atoms with van der Waals surface area (Å²) < 4.78 is 12.4. The van der Waals surface area contributed by atoms with Crippen LogP contribution < -0.4 is 4.90 Å². The van der Waals surface area contributed by atoms with Crippen molar-refractivity contribution in [2.45, 2.75) is 38.1 Å². The maximum absolute atomic E-state index is 13.4. The van der Waals surface area contributed by atoms with Crippen molar-refractivity contribution in [1.29, 1.82) is 0 Å². The number of carbonyl (C=O) groups excluding carboxylic acids is 2. The Morgan fingerprint density at radius 1 is 1.12 bits per heavy atom. The van der Waals surface area contributed by atoms with Crippen molar-refractivity contribution >= 4 is 29.5 Å². The van der Waals surface area contributed by atoms with Gasteiger partial charge >= 0.3 is 5.97 Å². The Labute approximate surface area is 202 Å². The molecule has 0 unspecified atom stereocenters. The molecule has 2 aromatic heterocycles. The number of anilines is 1. The Hall–Kier alpha value is -3.11. The van der Waals surface area contributed by atoms with Crippen LogP contribution in [0.1, 0.15) is 44.6 Å². The summed E-state index contributed by atoms with van der Waals surface area (Å²) in [5.41, 5.74) is 4.10. The maximum atomic E-state index is 13.4. The van der Waals surface area contributed by atoms with Crippen molar-refractivity contribution < 1.29 is 19.1 Å². The highest BCUT2D eigenvalue weighted by Crippen LogP contribution is 2.32. The van der Waals surface area contributed by atoms with Crippen molar-refractivity contribution in [2.24, 2.45) is 0 Å². The number of ether oxygens (including phenoxy) is 2. The van der Waals surface area contributed by atoms with Crippen LogP contribution in [0.3, 0.4) is 0 Å². The van der Waals surface area contributed by atoms with E-state index in [2.05, 4.69) is 20.1 Å². The molecule has 180 valence electrons. The van der Waals surface area contributed by atoms with E-state index < -0.39 is 11.2 Å². The molecule has 3 heterocycles. The molecule has 1 fully saturated rings. The zero-order valence-electron chi connectivity index (χ0n) is 20.0. The molecular weight excluding hydrogens is 454 g/mol. The molecule has 3 aromatic rings. The molecule has 9 nitrogen and oxygen atoms in total. The van der Waals surface area contributed by atoms with Gasteiger partial charge in [0.25, 0.3) is 0 Å². The van der Waals surface area contributed by atoms with Crippen molar-refractivity contribution in [2.75, 3.05) is 38.3 Å². The number of hydrogen-bond acceptors (Lipinski definition) is 8. The lowest BCUT2D eigenvalue weighted by Gasteiger charge is -2.28. The maximum Gasteiger partial charge on any atom is 0.339 e. The normalized spacial score (nSPS) is 14.8. The van der Waals surface area contributed by atoms with Crippen molar-refractivity contribution in [3.8, 4) is 5.69 Å². The summed E-state index contributed by atoms with van der Waals surface area (Å²) in [7, 11) is 1.33. The predicted molar refractivity (Wildman–Crippen MR) is 130 cm³/mol. The van der Waals surface area contributed by atoms with Crippen LogP contribution in [0.5, 0.6) is 0 Å². The van der Waals surface area contributed by atoms with Crippen molar-refractivity contribution in [1.82, 2.24) is 19.7 Å². The summed E-state index contributed by atoms with van der Waals surface area (Å²) in [5, 5.41) is 9.09. The number of rotatable bonds is 7. The summed E-state index contributed by atoms with van der Waals surface area (Å²) in [6.45, 7) is 10.1. The number of thioether (sulfide) groups is 1. The van der Waals surface area contributed by atoms with Gasteiger partial charge in [-0.25, -0.2) is 4.79 Å². The van der Waals surface area contributed by atoms with Crippen LogP contribution in [0.15, 0.2) is 29.4 Å². The number of aromatic amines is 1. The van der Waals surface area contributed by atoms with E-state index in [1.54, 1.807) is 13.8 Å². The first-order valence-corrected chi connectivity index (χ1v) is 12.0. The Morgan fingerprint density at radius 3 is 2.44 bits per heavy atom. The lowest BCUT2D eigenvalue weighted by atomic mass is 10.1. The fourth-order valence-corrected chi connectivity index (χ4v) is 4.97. The third-order valence-electron chi connectivity index (χ3n) is 5.93. The molecule has 0 saturated carbocycles. The number of morpholine rings is 1. The van der Waals surface area contributed by atoms with Gasteiger partial charge in [0.1, 0.15) is 0 Å². The third kappa shape index (κ3) is 4.60. The number of hydrogen-bond donors (Lipinski definition) is 1. The summed E-state index contributed by atoms with van der Waals surface area (Å²) in [5.74, 6) is 0.154. The summed E-state index contributed by atoms with van der Waals surface area (Å²) in [6.07, 6.45) is 0. The molecule has 1 N–H and O–H groups in total. The van der Waals surface area contributed by atoms with Crippen LogP contribution >= 0.6 is 11.8 Å². The molecule has 1 aromatic carbocycles. The minimum absolute atomic E-state index is 0.118. The van der Waals surface area contributed by atoms with Gasteiger partial charge in [0, 0.05) is 18.8 Å². The van der Waals surface area contributed by atoms with Gasteiger partial charge < -0.3 is 19.4 Å². The lowest BCUT2D eigenvalue weighted by molar-refractivity contribution is 0.0599. The van der Waals surface area contributed by atoms with Gasteiger partial charge in [0.15, 0.2) is 10.9 Å². The Balaban J connectivity index is 1.66. The summed E-state index contributed by atoms with van der Waals surface area (Å²) >= 11 is 1.34. The zero-order valence-corrected chi connectivity index (χ0v) is 20.9. The van der Waals surface area contributed by atoms with Crippen LogP contribution in [0.25, 0.3) is 5.69 Å². The molecule has 0 aliphatic carbocycles.